The van der Waals surface area contributed by atoms with E-state index in [0.717, 1.165) is 0 Å². The Bertz CT molecular complexity index is 220. The van der Waals surface area contributed by atoms with Crippen LogP contribution in [-0.4, -0.2) is 11.0 Å². The van der Waals surface area contributed by atoms with Crippen LogP contribution in [0.1, 0.15) is 6.92 Å². The highest BCUT2D eigenvalue weighted by Crippen LogP contribution is 2.01. The van der Waals surface area contributed by atoms with Gasteiger partial charge in [-0.05, 0) is 6.07 Å². The number of hydrogen-bond donors (Lipinski definition) is 0. The molecule has 10 heavy (non-hydrogen) atoms. The number of ether oxygens (including phenoxy) is 1. The van der Waals surface area contributed by atoms with Crippen LogP contribution in [-0.2, 0) is 4.79 Å². The lowest BCUT2D eigenvalue weighted by Crippen LogP contribution is -2.02. The van der Waals surface area contributed by atoms with Crippen LogP contribution in [0, 0.1) is 6.20 Å². The quantitative estimate of drug-likeness (QED) is 0.536. The highest BCUT2D eigenvalue weighted by molar-refractivity contribution is 5.68. The summed E-state index contributed by atoms with van der Waals surface area (Å²) >= 11 is 0. The molecule has 0 spiro atoms. The van der Waals surface area contributed by atoms with Crippen LogP contribution in [0.15, 0.2) is 18.2 Å². The molecule has 0 N–H and O–H groups in total. The van der Waals surface area contributed by atoms with Gasteiger partial charge in [-0.25, -0.2) is 4.98 Å². The number of pyridine rings is 1. The molecule has 51 valence electrons. The van der Waals surface area contributed by atoms with Gasteiger partial charge in [0.2, 0.25) is 5.88 Å². The standard InChI is InChI=1S/C7H6NO2/c1-6(9)10-7-4-2-3-5-8-7/h2-4H,1H3. The van der Waals surface area contributed by atoms with E-state index in [0.29, 0.717) is 0 Å². The van der Waals surface area contributed by atoms with Crippen LogP contribution in [0.2, 0.25) is 0 Å². The molecule has 0 saturated carbocycles. The van der Waals surface area contributed by atoms with Crippen LogP contribution in [0.3, 0.4) is 0 Å². The Morgan fingerprint density at radius 3 is 3.10 bits per heavy atom. The maximum atomic E-state index is 10.3. The SMILES string of the molecule is CC(=O)Oc1ccc[c]n1. The zero-order valence-corrected chi connectivity index (χ0v) is 5.50. The third-order valence-electron chi connectivity index (χ3n) is 0.833. The first kappa shape index (κ1) is 6.74. The molecule has 1 aromatic heterocycles. The topological polar surface area (TPSA) is 39.2 Å². The van der Waals surface area contributed by atoms with Crippen molar-refractivity contribution in [1.82, 2.24) is 4.98 Å². The van der Waals surface area contributed by atoms with Gasteiger partial charge in [0.05, 0.1) is 6.20 Å². The molecule has 0 aliphatic carbocycles. The molecule has 1 rings (SSSR count). The van der Waals surface area contributed by atoms with Gasteiger partial charge in [0.1, 0.15) is 0 Å². The molecule has 3 heteroatoms. The predicted octanol–water partition coefficient (Wildman–Crippen LogP) is 0.807. The van der Waals surface area contributed by atoms with Crippen molar-refractivity contribution in [3.8, 4) is 5.88 Å². The highest BCUT2D eigenvalue weighted by atomic mass is 16.5. The fourth-order valence-electron chi connectivity index (χ4n) is 0.516. The zero-order chi connectivity index (χ0) is 7.40. The van der Waals surface area contributed by atoms with Gasteiger partial charge < -0.3 is 4.74 Å². The van der Waals surface area contributed by atoms with Crippen LogP contribution in [0.5, 0.6) is 5.88 Å². The molecule has 1 radical (unpaired) electrons. The van der Waals surface area contributed by atoms with Crippen molar-refractivity contribution in [3.05, 3.63) is 24.4 Å². The normalized spacial score (nSPS) is 8.90. The Hall–Kier alpha value is -1.38. The molecular formula is C7H6NO2. The molecule has 1 heterocycles. The van der Waals surface area contributed by atoms with Gasteiger partial charge in [-0.2, -0.15) is 0 Å². The summed E-state index contributed by atoms with van der Waals surface area (Å²) in [5.41, 5.74) is 0. The first-order valence-corrected chi connectivity index (χ1v) is 2.80. The summed E-state index contributed by atoms with van der Waals surface area (Å²) in [6, 6.07) is 4.93. The van der Waals surface area contributed by atoms with Gasteiger partial charge in [0.25, 0.3) is 0 Å². The van der Waals surface area contributed by atoms with Gasteiger partial charge in [0, 0.05) is 13.0 Å². The Morgan fingerprint density at radius 1 is 1.80 bits per heavy atom. The van der Waals surface area contributed by atoms with E-state index in [-0.39, 0.29) is 11.8 Å². The van der Waals surface area contributed by atoms with E-state index in [1.54, 1.807) is 18.2 Å². The molecular weight excluding hydrogens is 130 g/mol. The number of carbonyl (C=O) groups is 1. The van der Waals surface area contributed by atoms with Crippen LogP contribution in [0.4, 0.5) is 0 Å². The Balaban J connectivity index is 2.67. The van der Waals surface area contributed by atoms with Crippen LogP contribution >= 0.6 is 0 Å². The van der Waals surface area contributed by atoms with Crippen molar-refractivity contribution < 1.29 is 9.53 Å². The average molecular weight is 136 g/mol. The third kappa shape index (κ3) is 1.85. The van der Waals surface area contributed by atoms with Crippen molar-refractivity contribution in [1.29, 1.82) is 0 Å². The van der Waals surface area contributed by atoms with Crippen LogP contribution in [0.25, 0.3) is 0 Å². The van der Waals surface area contributed by atoms with E-state index in [1.165, 1.54) is 6.92 Å². The molecule has 0 unspecified atom stereocenters. The Morgan fingerprint density at radius 2 is 2.60 bits per heavy atom. The van der Waals surface area contributed by atoms with Crippen molar-refractivity contribution in [3.63, 3.8) is 0 Å². The summed E-state index contributed by atoms with van der Waals surface area (Å²) < 4.78 is 4.63. The van der Waals surface area contributed by atoms with Gasteiger partial charge >= 0.3 is 5.97 Å². The minimum Gasteiger partial charge on any atom is -0.408 e. The largest absolute Gasteiger partial charge is 0.408 e. The predicted molar refractivity (Wildman–Crippen MR) is 34.4 cm³/mol. The maximum Gasteiger partial charge on any atom is 0.309 e. The number of hydrogen-bond acceptors (Lipinski definition) is 3. The summed E-state index contributed by atoms with van der Waals surface area (Å²) in [4.78, 5) is 14.0. The fourth-order valence-corrected chi connectivity index (χ4v) is 0.516. The highest BCUT2D eigenvalue weighted by Gasteiger charge is 1.94. The van der Waals surface area contributed by atoms with Crippen molar-refractivity contribution in [2.45, 2.75) is 6.92 Å². The second-order valence-corrected chi connectivity index (χ2v) is 1.70. The van der Waals surface area contributed by atoms with E-state index in [4.69, 9.17) is 0 Å². The summed E-state index contributed by atoms with van der Waals surface area (Å²) in [6.45, 7) is 1.33. The monoisotopic (exact) mass is 136 g/mol. The van der Waals surface area contributed by atoms with E-state index < -0.39 is 0 Å². The molecule has 0 fully saturated rings. The average Bonchev–Trinajstić information content (AvgIpc) is 1.88. The second kappa shape index (κ2) is 2.96. The van der Waals surface area contributed by atoms with Crippen molar-refractivity contribution >= 4 is 5.97 Å². The Labute approximate surface area is 58.7 Å². The summed E-state index contributed by atoms with van der Waals surface area (Å²) in [6.07, 6.45) is 2.54. The number of esters is 1. The molecule has 0 saturated heterocycles. The first-order valence-electron chi connectivity index (χ1n) is 2.80. The Kier molecular flexibility index (Phi) is 1.99. The summed E-state index contributed by atoms with van der Waals surface area (Å²) in [5.74, 6) is -0.0814. The smallest absolute Gasteiger partial charge is 0.309 e. The summed E-state index contributed by atoms with van der Waals surface area (Å²) in [5, 5.41) is 0. The lowest BCUT2D eigenvalue weighted by atomic mass is 10.5. The van der Waals surface area contributed by atoms with Crippen molar-refractivity contribution in [2.24, 2.45) is 0 Å². The minimum atomic E-state index is -0.368. The summed E-state index contributed by atoms with van der Waals surface area (Å²) in [7, 11) is 0. The first-order chi connectivity index (χ1) is 4.79. The molecule has 0 amide bonds. The van der Waals surface area contributed by atoms with Crippen LogP contribution < -0.4 is 4.74 Å². The number of rotatable bonds is 1. The molecule has 0 atom stereocenters. The lowest BCUT2D eigenvalue weighted by molar-refractivity contribution is -0.132. The second-order valence-electron chi connectivity index (χ2n) is 1.70. The van der Waals surface area contributed by atoms with Gasteiger partial charge in [0.15, 0.2) is 0 Å². The lowest BCUT2D eigenvalue weighted by Gasteiger charge is -1.95. The maximum absolute atomic E-state index is 10.3. The van der Waals surface area contributed by atoms with E-state index >= 15 is 0 Å². The third-order valence-corrected chi connectivity index (χ3v) is 0.833. The number of carbonyl (C=O) groups excluding carboxylic acids is 1. The van der Waals surface area contributed by atoms with E-state index in [9.17, 15) is 4.79 Å². The molecule has 0 aromatic carbocycles. The molecule has 0 aliphatic rings. The number of aromatic nitrogens is 1. The van der Waals surface area contributed by atoms with Crippen molar-refractivity contribution in [2.75, 3.05) is 0 Å². The minimum absolute atomic E-state index is 0.287. The van der Waals surface area contributed by atoms with Gasteiger partial charge in [-0.1, -0.05) is 6.07 Å². The fraction of sp³-hybridized carbons (Fsp3) is 0.143. The molecule has 1 aromatic rings. The molecule has 0 bridgehead atoms. The van der Waals surface area contributed by atoms with E-state index in [1.807, 2.05) is 0 Å². The molecule has 3 nitrogen and oxygen atoms in total. The van der Waals surface area contributed by atoms with Gasteiger partial charge in [-0.3, -0.25) is 4.79 Å². The number of nitrogens with zero attached hydrogens (tertiary/aromatic N) is 1. The van der Waals surface area contributed by atoms with Gasteiger partial charge in [-0.15, -0.1) is 0 Å². The zero-order valence-electron chi connectivity index (χ0n) is 5.50. The van der Waals surface area contributed by atoms with E-state index in [2.05, 4.69) is 15.9 Å². The molecule has 0 aliphatic heterocycles.